The molecule has 0 spiro atoms. The third-order valence-corrected chi connectivity index (χ3v) is 4.62. The molecular weight excluding hydrogens is 349 g/mol. The Hall–Kier alpha value is -1.06. The second kappa shape index (κ2) is 6.45. The van der Waals surface area contributed by atoms with E-state index in [9.17, 15) is 15.3 Å². The number of benzene rings is 1. The fourth-order valence-electron chi connectivity index (χ4n) is 2.56. The Balaban J connectivity index is 1.88. The van der Waals surface area contributed by atoms with Gasteiger partial charge >= 0.3 is 0 Å². The van der Waals surface area contributed by atoms with Crippen LogP contribution in [-0.4, -0.2) is 62.7 Å². The van der Waals surface area contributed by atoms with Crippen LogP contribution >= 0.6 is 23.2 Å². The molecule has 2 aromatic rings. The van der Waals surface area contributed by atoms with E-state index in [2.05, 4.69) is 4.98 Å². The Morgan fingerprint density at radius 2 is 1.91 bits per heavy atom. The summed E-state index contributed by atoms with van der Waals surface area (Å²) in [4.78, 5) is 2.90. The van der Waals surface area contributed by atoms with Crippen molar-refractivity contribution < 1.29 is 29.9 Å². The minimum atomic E-state index is -1.52. The zero-order valence-corrected chi connectivity index (χ0v) is 13.2. The first-order valence-electron chi connectivity index (χ1n) is 6.86. The summed E-state index contributed by atoms with van der Waals surface area (Å²) < 4.78 is 10.6. The van der Waals surface area contributed by atoms with Gasteiger partial charge < -0.3 is 34.9 Å². The van der Waals surface area contributed by atoms with Gasteiger partial charge in [0.2, 0.25) is 0 Å². The van der Waals surface area contributed by atoms with Crippen molar-refractivity contribution in [3.63, 3.8) is 0 Å². The second-order valence-electron chi connectivity index (χ2n) is 5.25. The fourth-order valence-corrected chi connectivity index (χ4v) is 2.93. The van der Waals surface area contributed by atoms with Crippen LogP contribution in [0.25, 0.3) is 10.9 Å². The highest BCUT2D eigenvalue weighted by Gasteiger charge is 2.45. The lowest BCUT2D eigenvalue weighted by atomic mass is 9.99. The van der Waals surface area contributed by atoms with Gasteiger partial charge in [0.15, 0.2) is 12.4 Å². The fraction of sp³-hybridized carbons (Fsp3) is 0.429. The van der Waals surface area contributed by atoms with Crippen LogP contribution in [0.1, 0.15) is 0 Å². The van der Waals surface area contributed by atoms with Gasteiger partial charge in [0.25, 0.3) is 0 Å². The molecule has 1 aliphatic rings. The number of aliphatic hydroxyl groups is 4. The molecule has 1 aromatic heterocycles. The number of hydrogen-bond acceptors (Lipinski definition) is 6. The molecule has 3 rings (SSSR count). The minimum absolute atomic E-state index is 0.305. The summed E-state index contributed by atoms with van der Waals surface area (Å²) in [5, 5.41) is 40.3. The summed E-state index contributed by atoms with van der Waals surface area (Å²) in [5.41, 5.74) is 0.545. The molecule has 9 heteroatoms. The number of aromatic nitrogens is 1. The van der Waals surface area contributed by atoms with Gasteiger partial charge in [-0.2, -0.15) is 0 Å². The van der Waals surface area contributed by atoms with Crippen LogP contribution in [0.15, 0.2) is 18.3 Å². The summed E-state index contributed by atoms with van der Waals surface area (Å²) in [5.74, 6) is 0.305. The van der Waals surface area contributed by atoms with Gasteiger partial charge in [0.1, 0.15) is 24.1 Å². The number of ether oxygens (including phenoxy) is 2. The number of fused-ring (bicyclic) bond motifs is 1. The standard InChI is InChI=1S/C14H15Cl2NO6/c15-6-2-1-5-7(3-17-10(5)9(6)16)22-13-12(20)11(19)8(4-18)23-14(13)21/h1-3,8,11-14,17-21H,4H2/t8-,11-,12+,13+,14+/m1/s1. The quantitative estimate of drug-likeness (QED) is 0.547. The predicted molar refractivity (Wildman–Crippen MR) is 82.7 cm³/mol. The molecule has 0 amide bonds. The van der Waals surface area contributed by atoms with Crippen LogP contribution in [0.4, 0.5) is 0 Å². The third-order valence-electron chi connectivity index (χ3n) is 3.81. The molecule has 0 radical (unpaired) electrons. The predicted octanol–water partition coefficient (Wildman–Crippen LogP) is 0.653. The maximum Gasteiger partial charge on any atom is 0.195 e. The molecule has 5 atom stereocenters. The number of rotatable bonds is 3. The lowest BCUT2D eigenvalue weighted by Gasteiger charge is -2.39. The molecule has 1 aliphatic heterocycles. The van der Waals surface area contributed by atoms with E-state index in [4.69, 9.17) is 37.8 Å². The Morgan fingerprint density at radius 1 is 1.17 bits per heavy atom. The smallest absolute Gasteiger partial charge is 0.195 e. The number of hydrogen-bond donors (Lipinski definition) is 5. The molecular formula is C14H15Cl2NO6. The highest BCUT2D eigenvalue weighted by atomic mass is 35.5. The molecule has 126 valence electrons. The van der Waals surface area contributed by atoms with Crippen molar-refractivity contribution in [3.05, 3.63) is 28.4 Å². The maximum atomic E-state index is 10.1. The van der Waals surface area contributed by atoms with Crippen LogP contribution in [0.3, 0.4) is 0 Å². The third kappa shape index (κ3) is 2.89. The molecule has 0 unspecified atom stereocenters. The monoisotopic (exact) mass is 363 g/mol. The van der Waals surface area contributed by atoms with E-state index < -0.39 is 37.3 Å². The van der Waals surface area contributed by atoms with Gasteiger partial charge in [-0.1, -0.05) is 23.2 Å². The average Bonchev–Trinajstić information content (AvgIpc) is 2.94. The summed E-state index contributed by atoms with van der Waals surface area (Å²) in [6, 6.07) is 3.26. The number of nitrogens with one attached hydrogen (secondary N) is 1. The van der Waals surface area contributed by atoms with E-state index in [0.717, 1.165) is 0 Å². The average molecular weight is 364 g/mol. The number of aliphatic hydroxyl groups excluding tert-OH is 4. The molecule has 7 nitrogen and oxygen atoms in total. The van der Waals surface area contributed by atoms with E-state index in [1.807, 2.05) is 0 Å². The first-order valence-corrected chi connectivity index (χ1v) is 7.62. The van der Waals surface area contributed by atoms with E-state index in [1.54, 1.807) is 12.1 Å². The summed E-state index contributed by atoms with van der Waals surface area (Å²) in [6.45, 7) is -0.538. The number of H-pyrrole nitrogens is 1. The van der Waals surface area contributed by atoms with E-state index in [0.29, 0.717) is 26.7 Å². The van der Waals surface area contributed by atoms with E-state index in [1.165, 1.54) is 6.20 Å². The molecule has 1 fully saturated rings. The van der Waals surface area contributed by atoms with Crippen LogP contribution in [0.2, 0.25) is 10.0 Å². The molecule has 1 aromatic carbocycles. The highest BCUT2D eigenvalue weighted by molar-refractivity contribution is 6.45. The first kappa shape index (κ1) is 16.8. The number of halogens is 2. The second-order valence-corrected chi connectivity index (χ2v) is 6.03. The van der Waals surface area contributed by atoms with Crippen molar-refractivity contribution in [2.45, 2.75) is 30.7 Å². The van der Waals surface area contributed by atoms with Crippen molar-refractivity contribution in [1.29, 1.82) is 0 Å². The van der Waals surface area contributed by atoms with Gasteiger partial charge in [-0.15, -0.1) is 0 Å². The Kier molecular flexibility index (Phi) is 4.70. The molecule has 0 bridgehead atoms. The molecule has 0 aliphatic carbocycles. The molecule has 5 N–H and O–H groups in total. The lowest BCUT2D eigenvalue weighted by Crippen LogP contribution is -2.60. The van der Waals surface area contributed by atoms with Crippen molar-refractivity contribution in [3.8, 4) is 5.75 Å². The van der Waals surface area contributed by atoms with Crippen LogP contribution in [0.5, 0.6) is 5.75 Å². The topological polar surface area (TPSA) is 115 Å². The highest BCUT2D eigenvalue weighted by Crippen LogP contribution is 2.36. The van der Waals surface area contributed by atoms with Crippen molar-refractivity contribution >= 4 is 34.1 Å². The normalized spacial score (nSPS) is 31.5. The van der Waals surface area contributed by atoms with Gasteiger partial charge in [-0.25, -0.2) is 0 Å². The van der Waals surface area contributed by atoms with Crippen LogP contribution < -0.4 is 4.74 Å². The van der Waals surface area contributed by atoms with Gasteiger partial charge in [-0.05, 0) is 12.1 Å². The molecule has 0 saturated carbocycles. The van der Waals surface area contributed by atoms with Gasteiger partial charge in [0, 0.05) is 11.6 Å². The maximum absolute atomic E-state index is 10.1. The Bertz CT molecular complexity index is 708. The summed E-state index contributed by atoms with van der Waals surface area (Å²) >= 11 is 12.0. The zero-order valence-electron chi connectivity index (χ0n) is 11.7. The summed E-state index contributed by atoms with van der Waals surface area (Å²) in [7, 11) is 0. The SMILES string of the molecule is OC[C@H]1O[C@H](O)[C@@H](Oc2c[nH]c3c(Cl)c(Cl)ccc23)[C@@H](O)[C@@H]1O. The Labute approximate surface area is 141 Å². The number of aromatic amines is 1. The zero-order chi connectivity index (χ0) is 16.7. The van der Waals surface area contributed by atoms with E-state index >= 15 is 0 Å². The lowest BCUT2D eigenvalue weighted by molar-refractivity contribution is -0.280. The van der Waals surface area contributed by atoms with Crippen LogP contribution in [-0.2, 0) is 4.74 Å². The van der Waals surface area contributed by atoms with Crippen LogP contribution in [0, 0.1) is 0 Å². The first-order chi connectivity index (χ1) is 10.9. The largest absolute Gasteiger partial charge is 0.480 e. The Morgan fingerprint density at radius 3 is 2.61 bits per heavy atom. The van der Waals surface area contributed by atoms with E-state index in [-0.39, 0.29) is 0 Å². The molecule has 2 heterocycles. The van der Waals surface area contributed by atoms with Crippen molar-refractivity contribution in [1.82, 2.24) is 4.98 Å². The van der Waals surface area contributed by atoms with Gasteiger partial charge in [0.05, 0.1) is 22.2 Å². The van der Waals surface area contributed by atoms with Gasteiger partial charge in [-0.3, -0.25) is 0 Å². The van der Waals surface area contributed by atoms with Crippen molar-refractivity contribution in [2.24, 2.45) is 0 Å². The molecule has 1 saturated heterocycles. The minimum Gasteiger partial charge on any atom is -0.480 e. The summed E-state index contributed by atoms with van der Waals surface area (Å²) in [6.07, 6.45) is -5.17. The molecule has 23 heavy (non-hydrogen) atoms. The van der Waals surface area contributed by atoms with Crippen molar-refractivity contribution in [2.75, 3.05) is 6.61 Å².